The van der Waals surface area contributed by atoms with Crippen molar-refractivity contribution in [3.05, 3.63) is 11.4 Å². The van der Waals surface area contributed by atoms with Crippen LogP contribution in [0.3, 0.4) is 0 Å². The molecule has 9 heteroatoms. The maximum atomic E-state index is 11.8. The SMILES string of the molecule is Cc1nn(C)c(C)c1-c1nnc(S(N)(=O)=O)n1C(C)(C)C. The van der Waals surface area contributed by atoms with Crippen LogP contribution in [0.5, 0.6) is 0 Å². The van der Waals surface area contributed by atoms with Gasteiger partial charge in [-0.1, -0.05) is 0 Å². The maximum absolute atomic E-state index is 11.8. The van der Waals surface area contributed by atoms with Crippen molar-refractivity contribution in [1.82, 2.24) is 24.5 Å². The third-order valence-corrected chi connectivity index (χ3v) is 4.06. The lowest BCUT2D eigenvalue weighted by Crippen LogP contribution is -2.29. The number of nitrogens with zero attached hydrogens (tertiary/aromatic N) is 5. The van der Waals surface area contributed by atoms with E-state index in [1.54, 1.807) is 9.25 Å². The first-order valence-corrected chi connectivity index (χ1v) is 7.98. The Labute approximate surface area is 124 Å². The molecule has 0 atom stereocenters. The molecule has 0 amide bonds. The number of primary sulfonamides is 1. The van der Waals surface area contributed by atoms with Crippen LogP contribution < -0.4 is 5.14 Å². The average molecular weight is 312 g/mol. The Bertz CT molecular complexity index is 795. The molecule has 0 aromatic carbocycles. The van der Waals surface area contributed by atoms with Crippen molar-refractivity contribution in [2.24, 2.45) is 12.2 Å². The highest BCUT2D eigenvalue weighted by Crippen LogP contribution is 2.31. The summed E-state index contributed by atoms with van der Waals surface area (Å²) in [5.74, 6) is 0.453. The van der Waals surface area contributed by atoms with Crippen LogP contribution in [0.2, 0.25) is 0 Å². The lowest BCUT2D eigenvalue weighted by molar-refractivity contribution is 0.366. The Balaban J connectivity index is 2.86. The molecule has 2 aromatic heterocycles. The Kier molecular flexibility index (Phi) is 3.45. The second-order valence-electron chi connectivity index (χ2n) is 6.03. The molecule has 0 saturated heterocycles. The second kappa shape index (κ2) is 4.63. The highest BCUT2D eigenvalue weighted by Gasteiger charge is 2.31. The van der Waals surface area contributed by atoms with Gasteiger partial charge in [0.25, 0.3) is 15.2 Å². The number of hydrogen-bond acceptors (Lipinski definition) is 5. The van der Waals surface area contributed by atoms with Crippen LogP contribution in [-0.2, 0) is 22.6 Å². The molecule has 2 heterocycles. The molecule has 8 nitrogen and oxygen atoms in total. The Hall–Kier alpha value is -1.74. The molecule has 21 heavy (non-hydrogen) atoms. The zero-order valence-electron chi connectivity index (χ0n) is 13.0. The van der Waals surface area contributed by atoms with Crippen LogP contribution in [0.4, 0.5) is 0 Å². The van der Waals surface area contributed by atoms with Crippen molar-refractivity contribution in [2.75, 3.05) is 0 Å². The summed E-state index contributed by atoms with van der Waals surface area (Å²) >= 11 is 0. The molecule has 116 valence electrons. The number of rotatable bonds is 2. The van der Waals surface area contributed by atoms with Gasteiger partial charge in [0.2, 0.25) is 0 Å². The third kappa shape index (κ3) is 2.58. The molecule has 2 aromatic rings. The van der Waals surface area contributed by atoms with E-state index >= 15 is 0 Å². The van der Waals surface area contributed by atoms with Crippen LogP contribution >= 0.6 is 0 Å². The van der Waals surface area contributed by atoms with Crippen LogP contribution in [0.15, 0.2) is 5.16 Å². The highest BCUT2D eigenvalue weighted by molar-refractivity contribution is 7.89. The molecule has 0 aliphatic heterocycles. The van der Waals surface area contributed by atoms with Gasteiger partial charge in [-0.2, -0.15) is 5.10 Å². The quantitative estimate of drug-likeness (QED) is 0.878. The molecule has 0 saturated carbocycles. The minimum absolute atomic E-state index is 0.243. The predicted molar refractivity (Wildman–Crippen MR) is 78.1 cm³/mol. The van der Waals surface area contributed by atoms with Gasteiger partial charge >= 0.3 is 0 Å². The van der Waals surface area contributed by atoms with Gasteiger partial charge in [0.1, 0.15) is 0 Å². The van der Waals surface area contributed by atoms with Crippen LogP contribution in [-0.4, -0.2) is 33.0 Å². The number of nitrogens with two attached hydrogens (primary N) is 1. The monoisotopic (exact) mass is 312 g/mol. The van der Waals surface area contributed by atoms with Crippen molar-refractivity contribution in [3.8, 4) is 11.4 Å². The smallest absolute Gasteiger partial charge is 0.273 e. The van der Waals surface area contributed by atoms with Crippen molar-refractivity contribution in [2.45, 2.75) is 45.3 Å². The third-order valence-electron chi connectivity index (χ3n) is 3.29. The lowest BCUT2D eigenvalue weighted by Gasteiger charge is -2.24. The molecular weight excluding hydrogens is 292 g/mol. The summed E-state index contributed by atoms with van der Waals surface area (Å²) in [6.45, 7) is 9.36. The number of sulfonamides is 1. The molecule has 0 fully saturated rings. The maximum Gasteiger partial charge on any atom is 0.273 e. The predicted octanol–water partition coefficient (Wildman–Crippen LogP) is 0.698. The summed E-state index contributed by atoms with van der Waals surface area (Å²) in [7, 11) is -2.14. The standard InChI is InChI=1S/C12H20N6O2S/c1-7-9(8(2)17(6)16-7)10-14-15-11(21(13,19)20)18(10)12(3,4)5/h1-6H3,(H2,13,19,20). The van der Waals surface area contributed by atoms with Crippen LogP contribution in [0.25, 0.3) is 11.4 Å². The summed E-state index contributed by atoms with van der Waals surface area (Å²) < 4.78 is 26.8. The molecule has 0 aliphatic carbocycles. The molecule has 2 N–H and O–H groups in total. The van der Waals surface area contributed by atoms with E-state index in [0.717, 1.165) is 17.0 Å². The van der Waals surface area contributed by atoms with Gasteiger partial charge in [0, 0.05) is 18.3 Å². The molecule has 0 unspecified atom stereocenters. The van der Waals surface area contributed by atoms with Crippen LogP contribution in [0.1, 0.15) is 32.2 Å². The average Bonchev–Trinajstić information content (AvgIpc) is 2.80. The Morgan fingerprint density at radius 3 is 2.10 bits per heavy atom. The summed E-state index contributed by atoms with van der Waals surface area (Å²) in [5, 5.41) is 17.2. The van der Waals surface area contributed by atoms with Gasteiger partial charge in [-0.05, 0) is 34.6 Å². The molecule has 0 radical (unpaired) electrons. The van der Waals surface area contributed by atoms with E-state index in [-0.39, 0.29) is 5.16 Å². The van der Waals surface area contributed by atoms with Gasteiger partial charge in [-0.3, -0.25) is 9.25 Å². The molecule has 2 rings (SSSR count). The highest BCUT2D eigenvalue weighted by atomic mass is 32.2. The molecule has 0 aliphatic rings. The number of aromatic nitrogens is 5. The van der Waals surface area contributed by atoms with E-state index in [2.05, 4.69) is 15.3 Å². The van der Waals surface area contributed by atoms with E-state index in [0.29, 0.717) is 5.82 Å². The normalized spacial score (nSPS) is 12.9. The topological polar surface area (TPSA) is 109 Å². The summed E-state index contributed by atoms with van der Waals surface area (Å²) in [6, 6.07) is 0. The first kappa shape index (κ1) is 15.6. The van der Waals surface area contributed by atoms with E-state index in [1.165, 1.54) is 0 Å². The fraction of sp³-hybridized carbons (Fsp3) is 0.583. The molecule has 0 spiro atoms. The number of aryl methyl sites for hydroxylation is 2. The minimum Gasteiger partial charge on any atom is -0.291 e. The summed E-state index contributed by atoms with van der Waals surface area (Å²) in [4.78, 5) is 0. The summed E-state index contributed by atoms with van der Waals surface area (Å²) in [6.07, 6.45) is 0. The van der Waals surface area contributed by atoms with Crippen molar-refractivity contribution in [3.63, 3.8) is 0 Å². The van der Waals surface area contributed by atoms with Crippen molar-refractivity contribution >= 4 is 10.0 Å². The fourth-order valence-corrected chi connectivity index (χ4v) is 3.09. The lowest BCUT2D eigenvalue weighted by atomic mass is 10.1. The fourth-order valence-electron chi connectivity index (χ4n) is 2.32. The zero-order chi connectivity index (χ0) is 16.2. The second-order valence-corrected chi connectivity index (χ2v) is 7.48. The van der Waals surface area contributed by atoms with Gasteiger partial charge in [-0.15, -0.1) is 10.2 Å². The van der Waals surface area contributed by atoms with Crippen LogP contribution in [0, 0.1) is 13.8 Å². The number of hydrogen-bond donors (Lipinski definition) is 1. The van der Waals surface area contributed by atoms with Gasteiger partial charge in [0.15, 0.2) is 5.82 Å². The first-order valence-electron chi connectivity index (χ1n) is 6.44. The zero-order valence-corrected chi connectivity index (χ0v) is 13.9. The van der Waals surface area contributed by atoms with Crippen molar-refractivity contribution < 1.29 is 8.42 Å². The molecular formula is C12H20N6O2S. The van der Waals surface area contributed by atoms with Gasteiger partial charge in [0.05, 0.1) is 11.3 Å². The van der Waals surface area contributed by atoms with Crippen molar-refractivity contribution in [1.29, 1.82) is 0 Å². The summed E-state index contributed by atoms with van der Waals surface area (Å²) in [5.41, 5.74) is 1.87. The largest absolute Gasteiger partial charge is 0.291 e. The van der Waals surface area contributed by atoms with E-state index in [1.807, 2.05) is 41.7 Å². The minimum atomic E-state index is -3.96. The Morgan fingerprint density at radius 2 is 1.71 bits per heavy atom. The molecule has 0 bridgehead atoms. The van der Waals surface area contributed by atoms with E-state index in [9.17, 15) is 8.42 Å². The van der Waals surface area contributed by atoms with Gasteiger partial charge in [-0.25, -0.2) is 13.6 Å². The first-order chi connectivity index (χ1) is 9.44. The van der Waals surface area contributed by atoms with E-state index < -0.39 is 15.6 Å². The van der Waals surface area contributed by atoms with Gasteiger partial charge < -0.3 is 0 Å². The Morgan fingerprint density at radius 1 is 1.14 bits per heavy atom. The van der Waals surface area contributed by atoms with E-state index in [4.69, 9.17) is 5.14 Å².